The van der Waals surface area contributed by atoms with Crippen LogP contribution in [0.5, 0.6) is 0 Å². The molecule has 1 saturated carbocycles. The van der Waals surface area contributed by atoms with Gasteiger partial charge in [-0.2, -0.15) is 0 Å². The van der Waals surface area contributed by atoms with Gasteiger partial charge in [-0.15, -0.1) is 0 Å². The molecule has 2 aliphatic carbocycles. The predicted octanol–water partition coefficient (Wildman–Crippen LogP) is 1.61. The van der Waals surface area contributed by atoms with Gasteiger partial charge in [0, 0.05) is 0 Å². The van der Waals surface area contributed by atoms with Crippen LogP contribution in [0.2, 0.25) is 0 Å². The van der Waals surface area contributed by atoms with Gasteiger partial charge in [-0.05, 0) is 0 Å². The second-order valence-corrected chi connectivity index (χ2v) is 12.1. The van der Waals surface area contributed by atoms with Gasteiger partial charge in [0.1, 0.15) is 0 Å². The van der Waals surface area contributed by atoms with Crippen molar-refractivity contribution in [2.24, 2.45) is 21.7 Å². The first-order valence-electron chi connectivity index (χ1n) is 8.84. The van der Waals surface area contributed by atoms with E-state index in [-0.39, 0.29) is 16.0 Å². The van der Waals surface area contributed by atoms with Gasteiger partial charge >= 0.3 is 164 Å². The van der Waals surface area contributed by atoms with E-state index in [4.69, 9.17) is 4.74 Å². The van der Waals surface area contributed by atoms with Crippen molar-refractivity contribution >= 4 is 43.9 Å². The van der Waals surface area contributed by atoms with Crippen LogP contribution in [-0.4, -0.2) is 48.4 Å². The Morgan fingerprint density at radius 2 is 1.00 bits per heavy atom. The Morgan fingerprint density at radius 1 is 0.593 bits per heavy atom. The van der Waals surface area contributed by atoms with Crippen LogP contribution in [0.4, 0.5) is 0 Å². The third-order valence-corrected chi connectivity index (χ3v) is 8.81. The van der Waals surface area contributed by atoms with Crippen LogP contribution in [0.1, 0.15) is 55.4 Å². The molecule has 0 N–H and O–H groups in total. The van der Waals surface area contributed by atoms with Crippen molar-refractivity contribution in [3.8, 4) is 0 Å². The monoisotopic (exact) mass is 440 g/mol. The fraction of sp³-hybridized carbons (Fsp3) is 0.650. The second-order valence-electron chi connectivity index (χ2n) is 9.62. The Morgan fingerprint density at radius 3 is 1.44 bits per heavy atom. The van der Waals surface area contributed by atoms with E-state index in [9.17, 15) is 24.0 Å². The Balaban J connectivity index is 2.22. The van der Waals surface area contributed by atoms with E-state index >= 15 is 0 Å². The molecule has 3 rings (SSSR count). The van der Waals surface area contributed by atoms with Crippen molar-refractivity contribution < 1.29 is 28.7 Å². The number of carbonyl (C=O) groups is 5. The van der Waals surface area contributed by atoms with E-state index in [0.29, 0.717) is 0 Å². The van der Waals surface area contributed by atoms with Crippen LogP contribution in [0.3, 0.4) is 0 Å². The minimum atomic E-state index is -1.87. The van der Waals surface area contributed by atoms with Crippen molar-refractivity contribution in [3.63, 3.8) is 0 Å². The number of ether oxygens (including phenoxy) is 1. The number of hydrogen-bond donors (Lipinski definition) is 0. The molecule has 146 valence electrons. The Labute approximate surface area is 164 Å². The van der Waals surface area contributed by atoms with E-state index in [1.54, 1.807) is 27.7 Å². The summed E-state index contributed by atoms with van der Waals surface area (Å²) in [5.41, 5.74) is -5.21. The van der Waals surface area contributed by atoms with E-state index in [2.05, 4.69) is 0 Å². The summed E-state index contributed by atoms with van der Waals surface area (Å²) in [6, 6.07) is 0. The summed E-state index contributed by atoms with van der Waals surface area (Å²) in [6.07, 6.45) is 0. The van der Waals surface area contributed by atoms with Crippen LogP contribution < -0.4 is 0 Å². The molecule has 0 atom stereocenters. The normalized spacial score (nSPS) is 29.9. The molecule has 6 nitrogen and oxygen atoms in total. The fourth-order valence-corrected chi connectivity index (χ4v) is 8.20. The Hall–Kier alpha value is -1.59. The van der Waals surface area contributed by atoms with Crippen LogP contribution in [-0.2, 0) is 28.7 Å². The van der Waals surface area contributed by atoms with Gasteiger partial charge in [0.25, 0.3) is 0 Å². The number of rotatable bonds is 0. The molecule has 27 heavy (non-hydrogen) atoms. The van der Waals surface area contributed by atoms with E-state index in [1.807, 2.05) is 0 Å². The van der Waals surface area contributed by atoms with Gasteiger partial charge in [0.2, 0.25) is 0 Å². The average molecular weight is 439 g/mol. The predicted molar refractivity (Wildman–Crippen MR) is 96.8 cm³/mol. The summed E-state index contributed by atoms with van der Waals surface area (Å²) in [7, 11) is 0. The van der Waals surface area contributed by atoms with Crippen LogP contribution in [0, 0.1) is 21.7 Å². The van der Waals surface area contributed by atoms with Crippen LogP contribution in [0.15, 0.2) is 10.2 Å². The minimum absolute atomic E-state index is 0.125. The van der Waals surface area contributed by atoms with Gasteiger partial charge in [-0.25, -0.2) is 0 Å². The first kappa shape index (κ1) is 20.2. The molecule has 1 fully saturated rings. The van der Waals surface area contributed by atoms with E-state index < -0.39 is 64.2 Å². The summed E-state index contributed by atoms with van der Waals surface area (Å²) >= 11 is -0.960. The SMILES string of the molecule is CC1(C)C(=O)C2=C(OC3([Se]2)C(=O)C(C)(C)C(=O)C(C)(C)C3=O)C(C)(C)C1=O. The zero-order chi connectivity index (χ0) is 21.0. The number of allylic oxidation sites excluding steroid dienone is 2. The summed E-state index contributed by atoms with van der Waals surface area (Å²) in [4.78, 5) is 65.3. The average Bonchev–Trinajstić information content (AvgIpc) is 2.98. The van der Waals surface area contributed by atoms with Gasteiger partial charge in [0.05, 0.1) is 0 Å². The van der Waals surface area contributed by atoms with Crippen LogP contribution in [0.25, 0.3) is 0 Å². The van der Waals surface area contributed by atoms with Gasteiger partial charge in [-0.3, -0.25) is 0 Å². The fourth-order valence-electron chi connectivity index (χ4n) is 4.33. The molecule has 0 aromatic carbocycles. The topological polar surface area (TPSA) is 94.6 Å². The van der Waals surface area contributed by atoms with Crippen molar-refractivity contribution in [3.05, 3.63) is 10.2 Å². The summed E-state index contributed by atoms with van der Waals surface area (Å²) in [6.45, 7) is 12.4. The molecule has 0 amide bonds. The van der Waals surface area contributed by atoms with Gasteiger partial charge in [0.15, 0.2) is 0 Å². The standard InChI is InChI=1S/C20H24O6Se/c1-16(2)10(21)9-11(17(3,4)12(16)22)26-20(27-9)14(24)18(5,6)13(23)19(7,8)15(20)25/h1-8H3. The summed E-state index contributed by atoms with van der Waals surface area (Å²) in [5.74, 6) is -2.27. The van der Waals surface area contributed by atoms with Gasteiger partial charge in [-0.1, -0.05) is 0 Å². The van der Waals surface area contributed by atoms with Crippen molar-refractivity contribution in [1.29, 1.82) is 0 Å². The zero-order valence-corrected chi connectivity index (χ0v) is 18.6. The van der Waals surface area contributed by atoms with Crippen molar-refractivity contribution in [1.82, 2.24) is 0 Å². The number of hydrogen-bond acceptors (Lipinski definition) is 6. The second kappa shape index (κ2) is 5.06. The molecule has 3 aliphatic rings. The van der Waals surface area contributed by atoms with Crippen molar-refractivity contribution in [2.45, 2.75) is 59.9 Å². The van der Waals surface area contributed by atoms with Crippen LogP contribution >= 0.6 is 0 Å². The van der Waals surface area contributed by atoms with Gasteiger partial charge < -0.3 is 0 Å². The molecule has 0 aromatic rings. The molecule has 0 radical (unpaired) electrons. The summed E-state index contributed by atoms with van der Waals surface area (Å²) < 4.78 is 4.41. The first-order valence-corrected chi connectivity index (χ1v) is 10.6. The zero-order valence-electron chi connectivity index (χ0n) is 16.9. The number of Topliss-reactive ketones (excluding diaryl/α,β-unsaturated/α-hetero) is 5. The Bertz CT molecular complexity index is 854. The molecule has 0 aromatic heterocycles. The quantitative estimate of drug-likeness (QED) is 0.421. The molecule has 0 unspecified atom stereocenters. The number of ketones is 5. The van der Waals surface area contributed by atoms with Crippen molar-refractivity contribution in [2.75, 3.05) is 0 Å². The third kappa shape index (κ3) is 2.10. The first-order chi connectivity index (χ1) is 12.0. The molecule has 1 aliphatic heterocycles. The maximum absolute atomic E-state index is 13.3. The molecular weight excluding hydrogens is 415 g/mol. The van der Waals surface area contributed by atoms with E-state index in [0.717, 1.165) is 0 Å². The van der Waals surface area contributed by atoms with E-state index in [1.165, 1.54) is 27.7 Å². The molecule has 1 spiro atoms. The third-order valence-electron chi connectivity index (χ3n) is 6.04. The Kier molecular flexibility index (Phi) is 3.78. The summed E-state index contributed by atoms with van der Waals surface area (Å²) in [5, 5.41) is 0. The maximum atomic E-state index is 13.3. The molecular formula is C20H24O6Se. The molecule has 1 heterocycles. The molecule has 0 saturated heterocycles. The molecule has 0 bridgehead atoms. The number of carbonyl (C=O) groups excluding carboxylic acids is 5. The molecule has 7 heteroatoms.